The van der Waals surface area contributed by atoms with E-state index in [4.69, 9.17) is 0 Å². The Kier molecular flexibility index (Phi) is 3.56. The first kappa shape index (κ1) is 12.5. The highest BCUT2D eigenvalue weighted by Gasteiger charge is 2.54. The molecule has 0 unspecified atom stereocenters. The van der Waals surface area contributed by atoms with Gasteiger partial charge in [-0.15, -0.1) is 4.90 Å². The second kappa shape index (κ2) is 3.70. The van der Waals surface area contributed by atoms with Gasteiger partial charge >= 0.3 is 12.6 Å². The minimum absolute atomic E-state index is 1.74. The Hall–Kier alpha value is -0.500. The van der Waals surface area contributed by atoms with E-state index in [-0.39, 0.29) is 0 Å². The number of alkyl halides is 6. The quantitative estimate of drug-likeness (QED) is 0.411. The van der Waals surface area contributed by atoms with E-state index in [9.17, 15) is 31.1 Å². The molecule has 0 aromatic heterocycles. The molecule has 0 aromatic rings. The van der Waals surface area contributed by atoms with E-state index in [0.29, 0.717) is 0 Å². The van der Waals surface area contributed by atoms with Crippen LogP contribution in [-0.4, -0.2) is 29.3 Å². The predicted molar refractivity (Wildman–Crippen MR) is 29.7 cm³/mol. The van der Waals surface area contributed by atoms with Crippen LogP contribution in [0.3, 0.4) is 0 Å². The van der Waals surface area contributed by atoms with Gasteiger partial charge in [0.15, 0.2) is 0 Å². The lowest BCUT2D eigenvalue weighted by Crippen LogP contribution is -2.49. The molecule has 0 saturated carbocycles. The average Bonchev–Trinajstić information content (AvgIpc) is 1.77. The summed E-state index contributed by atoms with van der Waals surface area (Å²) >= 11 is 4.40. The molecule has 0 atom stereocenters. The standard InChI is InChI=1S/C4H2ClF6NO/c5-2(13)1-12(3(6,7)8)4(9,10)11/h1H2. The molecule has 0 aliphatic heterocycles. The Morgan fingerprint density at radius 3 is 1.46 bits per heavy atom. The van der Waals surface area contributed by atoms with Crippen LogP contribution in [-0.2, 0) is 4.79 Å². The topological polar surface area (TPSA) is 20.3 Å². The van der Waals surface area contributed by atoms with Crippen molar-refractivity contribution < 1.29 is 31.1 Å². The van der Waals surface area contributed by atoms with Gasteiger partial charge < -0.3 is 0 Å². The molecule has 0 rings (SSSR count). The van der Waals surface area contributed by atoms with Crippen molar-refractivity contribution in [2.75, 3.05) is 6.54 Å². The molecule has 0 amide bonds. The van der Waals surface area contributed by atoms with Crippen LogP contribution in [0.1, 0.15) is 0 Å². The van der Waals surface area contributed by atoms with E-state index in [1.807, 2.05) is 0 Å². The minimum Gasteiger partial charge on any atom is -0.280 e. The molecule has 0 heterocycles. The van der Waals surface area contributed by atoms with Gasteiger partial charge in [0.25, 0.3) is 0 Å². The third-order valence-electron chi connectivity index (χ3n) is 0.895. The Balaban J connectivity index is 4.68. The lowest BCUT2D eigenvalue weighted by Gasteiger charge is -2.24. The van der Waals surface area contributed by atoms with Gasteiger partial charge in [0, 0.05) is 0 Å². The summed E-state index contributed by atoms with van der Waals surface area (Å²) < 4.78 is 69.4. The molecule has 9 heteroatoms. The maximum Gasteiger partial charge on any atom is 0.467 e. The maximum atomic E-state index is 11.6. The van der Waals surface area contributed by atoms with Crippen molar-refractivity contribution >= 4 is 16.8 Å². The van der Waals surface area contributed by atoms with Crippen molar-refractivity contribution in [2.24, 2.45) is 0 Å². The lowest BCUT2D eigenvalue weighted by molar-refractivity contribution is -0.369. The molecule has 0 spiro atoms. The maximum absolute atomic E-state index is 11.6. The molecule has 2 nitrogen and oxygen atoms in total. The first-order valence-electron chi connectivity index (χ1n) is 2.64. The molecule has 0 N–H and O–H groups in total. The summed E-state index contributed by atoms with van der Waals surface area (Å²) in [7, 11) is 0. The molecule has 0 saturated heterocycles. The largest absolute Gasteiger partial charge is 0.467 e. The molecule has 0 fully saturated rings. The van der Waals surface area contributed by atoms with E-state index in [1.54, 1.807) is 0 Å². The smallest absolute Gasteiger partial charge is 0.280 e. The van der Waals surface area contributed by atoms with Crippen molar-refractivity contribution in [2.45, 2.75) is 12.6 Å². The molecule has 78 valence electrons. The van der Waals surface area contributed by atoms with Crippen LogP contribution >= 0.6 is 11.6 Å². The van der Waals surface area contributed by atoms with Gasteiger partial charge in [-0.2, -0.15) is 26.3 Å². The second-order valence-electron chi connectivity index (χ2n) is 1.88. The van der Waals surface area contributed by atoms with Crippen LogP contribution in [0.2, 0.25) is 0 Å². The van der Waals surface area contributed by atoms with Crippen LogP contribution in [0.5, 0.6) is 0 Å². The van der Waals surface area contributed by atoms with Gasteiger partial charge in [-0.25, -0.2) is 0 Å². The molecule has 0 aromatic carbocycles. The molecular weight excluding hydrogens is 227 g/mol. The highest BCUT2D eigenvalue weighted by Crippen LogP contribution is 2.32. The molecule has 13 heavy (non-hydrogen) atoms. The van der Waals surface area contributed by atoms with Gasteiger partial charge in [-0.3, -0.25) is 4.79 Å². The Morgan fingerprint density at radius 1 is 1.08 bits per heavy atom. The van der Waals surface area contributed by atoms with Gasteiger partial charge in [0.05, 0.1) is 6.54 Å². The number of carbonyl (C=O) groups is 1. The Labute approximate surface area is 73.1 Å². The molecule has 0 aliphatic carbocycles. The Morgan fingerprint density at radius 2 is 1.38 bits per heavy atom. The van der Waals surface area contributed by atoms with Crippen LogP contribution in [0.15, 0.2) is 0 Å². The fraction of sp³-hybridized carbons (Fsp3) is 0.750. The zero-order valence-corrected chi connectivity index (χ0v) is 6.46. The van der Waals surface area contributed by atoms with Gasteiger partial charge in [0.2, 0.25) is 5.24 Å². The zero-order valence-electron chi connectivity index (χ0n) is 5.71. The van der Waals surface area contributed by atoms with E-state index < -0.39 is 29.3 Å². The molecule has 0 radical (unpaired) electrons. The van der Waals surface area contributed by atoms with Crippen molar-refractivity contribution in [3.05, 3.63) is 0 Å². The normalized spacial score (nSPS) is 13.5. The van der Waals surface area contributed by atoms with E-state index in [2.05, 4.69) is 11.6 Å². The number of hydrogen-bond acceptors (Lipinski definition) is 2. The van der Waals surface area contributed by atoms with Crippen LogP contribution < -0.4 is 0 Å². The molecule has 0 bridgehead atoms. The first-order valence-corrected chi connectivity index (χ1v) is 3.02. The number of rotatable bonds is 2. The number of carbonyl (C=O) groups excluding carboxylic acids is 1. The van der Waals surface area contributed by atoms with Gasteiger partial charge in [0.1, 0.15) is 0 Å². The average molecular weight is 230 g/mol. The predicted octanol–water partition coefficient (Wildman–Crippen LogP) is 2.09. The lowest BCUT2D eigenvalue weighted by atomic mass is 10.6. The SMILES string of the molecule is O=C(Cl)CN(C(F)(F)F)C(F)(F)F. The highest BCUT2D eigenvalue weighted by molar-refractivity contribution is 6.64. The number of nitrogens with zero attached hydrogens (tertiary/aromatic N) is 1. The zero-order chi connectivity index (χ0) is 10.9. The molecular formula is C4H2ClF6NO. The van der Waals surface area contributed by atoms with Crippen LogP contribution in [0.4, 0.5) is 26.3 Å². The molecule has 0 aliphatic rings. The summed E-state index contributed by atoms with van der Waals surface area (Å²) in [5.41, 5.74) is 0. The number of halogens is 7. The number of hydrogen-bond donors (Lipinski definition) is 0. The highest BCUT2D eigenvalue weighted by atomic mass is 35.5. The fourth-order valence-corrected chi connectivity index (χ4v) is 0.567. The van der Waals surface area contributed by atoms with Crippen molar-refractivity contribution in [3.63, 3.8) is 0 Å². The first-order chi connectivity index (χ1) is 5.55. The van der Waals surface area contributed by atoms with Crippen molar-refractivity contribution in [1.29, 1.82) is 0 Å². The van der Waals surface area contributed by atoms with E-state index in [1.165, 1.54) is 0 Å². The van der Waals surface area contributed by atoms with Crippen molar-refractivity contribution in [1.82, 2.24) is 4.90 Å². The summed E-state index contributed by atoms with van der Waals surface area (Å²) in [5.74, 6) is 0. The monoisotopic (exact) mass is 229 g/mol. The van der Waals surface area contributed by atoms with E-state index >= 15 is 0 Å². The van der Waals surface area contributed by atoms with Crippen molar-refractivity contribution in [3.8, 4) is 0 Å². The van der Waals surface area contributed by atoms with Gasteiger partial charge in [-0.05, 0) is 11.6 Å². The van der Waals surface area contributed by atoms with Crippen LogP contribution in [0, 0.1) is 0 Å². The summed E-state index contributed by atoms with van der Waals surface area (Å²) in [6, 6.07) is 0. The second-order valence-corrected chi connectivity index (χ2v) is 2.30. The van der Waals surface area contributed by atoms with E-state index in [0.717, 1.165) is 0 Å². The Bertz CT molecular complexity index is 184. The third kappa shape index (κ3) is 4.32. The third-order valence-corrected chi connectivity index (χ3v) is 1.01. The summed E-state index contributed by atoms with van der Waals surface area (Å²) in [4.78, 5) is 7.96. The van der Waals surface area contributed by atoms with Crippen LogP contribution in [0.25, 0.3) is 0 Å². The summed E-state index contributed by atoms with van der Waals surface area (Å²) in [6.45, 7) is -1.95. The van der Waals surface area contributed by atoms with Gasteiger partial charge in [-0.1, -0.05) is 0 Å². The minimum atomic E-state index is -5.66. The summed E-state index contributed by atoms with van der Waals surface area (Å²) in [5, 5.41) is -1.74. The fourth-order valence-electron chi connectivity index (χ4n) is 0.447. The summed E-state index contributed by atoms with van der Waals surface area (Å²) in [6.07, 6.45) is -11.3.